The highest BCUT2D eigenvalue weighted by molar-refractivity contribution is 6.35. The number of halogens is 2. The van der Waals surface area contributed by atoms with Gasteiger partial charge < -0.3 is 10.6 Å². The maximum atomic E-state index is 12.3. The zero-order valence-electron chi connectivity index (χ0n) is 12.4. The number of aromatic nitrogens is 1. The van der Waals surface area contributed by atoms with E-state index in [0.29, 0.717) is 27.2 Å². The molecule has 0 atom stereocenters. The second-order valence-corrected chi connectivity index (χ2v) is 6.16. The highest BCUT2D eigenvalue weighted by Gasteiger charge is 2.10. The molecule has 6 heteroatoms. The molecule has 0 unspecified atom stereocenters. The summed E-state index contributed by atoms with van der Waals surface area (Å²) < 4.78 is 0. The van der Waals surface area contributed by atoms with E-state index >= 15 is 0 Å². The lowest BCUT2D eigenvalue weighted by atomic mass is 10.2. The smallest absolute Gasteiger partial charge is 0.257 e. The summed E-state index contributed by atoms with van der Waals surface area (Å²) in [6.07, 6.45) is 3.19. The first kappa shape index (κ1) is 16.6. The van der Waals surface area contributed by atoms with Gasteiger partial charge in [0, 0.05) is 24.0 Å². The Hall–Kier alpha value is -1.78. The van der Waals surface area contributed by atoms with E-state index in [0.717, 1.165) is 12.2 Å². The molecule has 1 aromatic heterocycles. The van der Waals surface area contributed by atoms with E-state index in [2.05, 4.69) is 29.5 Å². The summed E-state index contributed by atoms with van der Waals surface area (Å²) in [6, 6.07) is 6.66. The van der Waals surface area contributed by atoms with Gasteiger partial charge in [0.1, 0.15) is 0 Å². The van der Waals surface area contributed by atoms with Gasteiger partial charge in [-0.15, -0.1) is 0 Å². The third-order valence-corrected chi connectivity index (χ3v) is 3.46. The van der Waals surface area contributed by atoms with Gasteiger partial charge in [0.05, 0.1) is 22.0 Å². The van der Waals surface area contributed by atoms with Crippen molar-refractivity contribution in [1.82, 2.24) is 4.98 Å². The van der Waals surface area contributed by atoms with Crippen LogP contribution in [0.3, 0.4) is 0 Å². The highest BCUT2D eigenvalue weighted by Crippen LogP contribution is 2.26. The van der Waals surface area contributed by atoms with Crippen molar-refractivity contribution in [1.29, 1.82) is 0 Å². The van der Waals surface area contributed by atoms with Crippen LogP contribution in [0.2, 0.25) is 10.0 Å². The summed E-state index contributed by atoms with van der Waals surface area (Å²) in [4.78, 5) is 16.4. The fraction of sp³-hybridized carbons (Fsp3) is 0.250. The van der Waals surface area contributed by atoms with E-state index in [1.165, 1.54) is 6.20 Å². The Kier molecular flexibility index (Phi) is 5.63. The fourth-order valence-electron chi connectivity index (χ4n) is 1.77. The first-order valence-electron chi connectivity index (χ1n) is 6.91. The van der Waals surface area contributed by atoms with Crippen LogP contribution >= 0.6 is 23.2 Å². The van der Waals surface area contributed by atoms with E-state index in [4.69, 9.17) is 23.2 Å². The van der Waals surface area contributed by atoms with Gasteiger partial charge in [-0.25, -0.2) is 0 Å². The van der Waals surface area contributed by atoms with E-state index in [9.17, 15) is 4.79 Å². The van der Waals surface area contributed by atoms with Gasteiger partial charge in [-0.05, 0) is 30.2 Å². The normalized spacial score (nSPS) is 10.6. The third-order valence-electron chi connectivity index (χ3n) is 2.89. The number of benzene rings is 1. The average Bonchev–Trinajstić information content (AvgIpc) is 2.49. The molecule has 0 aliphatic rings. The summed E-state index contributed by atoms with van der Waals surface area (Å²) >= 11 is 12.0. The van der Waals surface area contributed by atoms with Crippen molar-refractivity contribution in [3.8, 4) is 0 Å². The van der Waals surface area contributed by atoms with Crippen LogP contribution in [0.25, 0.3) is 0 Å². The second-order valence-electron chi connectivity index (χ2n) is 5.32. The van der Waals surface area contributed by atoms with Gasteiger partial charge in [-0.1, -0.05) is 37.0 Å². The molecule has 0 bridgehead atoms. The zero-order chi connectivity index (χ0) is 16.1. The van der Waals surface area contributed by atoms with E-state index < -0.39 is 0 Å². The van der Waals surface area contributed by atoms with Crippen molar-refractivity contribution < 1.29 is 4.79 Å². The van der Waals surface area contributed by atoms with Crippen LogP contribution in [0.1, 0.15) is 24.2 Å². The summed E-state index contributed by atoms with van der Waals surface area (Å²) in [6.45, 7) is 5.03. The Bertz CT molecular complexity index is 674. The molecular weight excluding hydrogens is 321 g/mol. The van der Waals surface area contributed by atoms with Crippen molar-refractivity contribution >= 4 is 40.5 Å². The number of nitrogens with zero attached hydrogens (tertiary/aromatic N) is 1. The molecule has 116 valence electrons. The number of rotatable bonds is 5. The number of hydrogen-bond donors (Lipinski definition) is 2. The summed E-state index contributed by atoms with van der Waals surface area (Å²) in [7, 11) is 0. The SMILES string of the molecule is CC(C)CNc1cncc(C(=O)Nc2cc(Cl)ccc2Cl)c1. The molecule has 0 saturated heterocycles. The van der Waals surface area contributed by atoms with Gasteiger partial charge in [0.15, 0.2) is 0 Å². The average molecular weight is 338 g/mol. The van der Waals surface area contributed by atoms with Crippen LogP contribution in [-0.2, 0) is 0 Å². The molecule has 22 heavy (non-hydrogen) atoms. The van der Waals surface area contributed by atoms with Gasteiger partial charge >= 0.3 is 0 Å². The second kappa shape index (κ2) is 7.47. The molecule has 1 aromatic carbocycles. The Morgan fingerprint density at radius 1 is 1.23 bits per heavy atom. The first-order valence-corrected chi connectivity index (χ1v) is 7.66. The van der Waals surface area contributed by atoms with Gasteiger partial charge in [-0.2, -0.15) is 0 Å². The molecule has 2 rings (SSSR count). The molecule has 0 aliphatic heterocycles. The lowest BCUT2D eigenvalue weighted by Gasteiger charge is -2.11. The number of amides is 1. The molecular formula is C16H17Cl2N3O. The topological polar surface area (TPSA) is 54.0 Å². The Balaban J connectivity index is 2.12. The number of carbonyl (C=O) groups excluding carboxylic acids is 1. The number of nitrogens with one attached hydrogen (secondary N) is 2. The predicted octanol–water partition coefficient (Wildman–Crippen LogP) is 4.71. The summed E-state index contributed by atoms with van der Waals surface area (Å²) in [5.74, 6) is 0.215. The lowest BCUT2D eigenvalue weighted by Crippen LogP contribution is -2.14. The molecule has 0 saturated carbocycles. The standard InChI is InChI=1S/C16H17Cl2N3O/c1-10(2)7-20-13-5-11(8-19-9-13)16(22)21-15-6-12(17)3-4-14(15)18/h3-6,8-10,20H,7H2,1-2H3,(H,21,22). The molecule has 4 nitrogen and oxygen atoms in total. The Morgan fingerprint density at radius 2 is 2.00 bits per heavy atom. The predicted molar refractivity (Wildman–Crippen MR) is 92.0 cm³/mol. The Morgan fingerprint density at radius 3 is 2.73 bits per heavy atom. The minimum atomic E-state index is -0.287. The highest BCUT2D eigenvalue weighted by atomic mass is 35.5. The number of pyridine rings is 1. The van der Waals surface area contributed by atoms with Crippen LogP contribution < -0.4 is 10.6 Å². The summed E-state index contributed by atoms with van der Waals surface area (Å²) in [5.41, 5.74) is 1.73. The van der Waals surface area contributed by atoms with Crippen molar-refractivity contribution in [2.24, 2.45) is 5.92 Å². The van der Waals surface area contributed by atoms with Crippen molar-refractivity contribution in [2.45, 2.75) is 13.8 Å². The van der Waals surface area contributed by atoms with E-state index in [1.807, 2.05) is 0 Å². The molecule has 2 aromatic rings. The van der Waals surface area contributed by atoms with Crippen molar-refractivity contribution in [2.75, 3.05) is 17.2 Å². The molecule has 0 fully saturated rings. The van der Waals surface area contributed by atoms with Crippen molar-refractivity contribution in [3.05, 3.63) is 52.3 Å². The maximum Gasteiger partial charge on any atom is 0.257 e. The van der Waals surface area contributed by atoms with Gasteiger partial charge in [0.2, 0.25) is 0 Å². The molecule has 1 amide bonds. The summed E-state index contributed by atoms with van der Waals surface area (Å²) in [5, 5.41) is 6.91. The lowest BCUT2D eigenvalue weighted by molar-refractivity contribution is 0.102. The number of carbonyl (C=O) groups is 1. The molecule has 1 heterocycles. The minimum Gasteiger partial charge on any atom is -0.384 e. The fourth-order valence-corrected chi connectivity index (χ4v) is 2.11. The molecule has 2 N–H and O–H groups in total. The third kappa shape index (κ3) is 4.61. The van der Waals surface area contributed by atoms with E-state index in [-0.39, 0.29) is 5.91 Å². The molecule has 0 radical (unpaired) electrons. The van der Waals surface area contributed by atoms with Crippen molar-refractivity contribution in [3.63, 3.8) is 0 Å². The molecule has 0 spiro atoms. The van der Waals surface area contributed by atoms with Crippen LogP contribution in [0.15, 0.2) is 36.7 Å². The number of hydrogen-bond acceptors (Lipinski definition) is 3. The van der Waals surface area contributed by atoms with Gasteiger partial charge in [-0.3, -0.25) is 9.78 Å². The molecule has 0 aliphatic carbocycles. The maximum absolute atomic E-state index is 12.3. The van der Waals surface area contributed by atoms with Gasteiger partial charge in [0.25, 0.3) is 5.91 Å². The van der Waals surface area contributed by atoms with Crippen LogP contribution in [-0.4, -0.2) is 17.4 Å². The minimum absolute atomic E-state index is 0.287. The monoisotopic (exact) mass is 337 g/mol. The zero-order valence-corrected chi connectivity index (χ0v) is 13.9. The van der Waals surface area contributed by atoms with E-state index in [1.54, 1.807) is 30.5 Å². The van der Waals surface area contributed by atoms with Crippen LogP contribution in [0.4, 0.5) is 11.4 Å². The quantitative estimate of drug-likeness (QED) is 0.830. The van der Waals surface area contributed by atoms with Crippen LogP contribution in [0.5, 0.6) is 0 Å². The largest absolute Gasteiger partial charge is 0.384 e. The first-order chi connectivity index (χ1) is 10.5. The Labute approximate surface area is 139 Å². The van der Waals surface area contributed by atoms with Crippen LogP contribution in [0, 0.1) is 5.92 Å². The number of anilines is 2.